The summed E-state index contributed by atoms with van der Waals surface area (Å²) in [5.41, 5.74) is -0.318. The molecule has 4 atom stereocenters. The second-order valence-corrected chi connectivity index (χ2v) is 9.02. The van der Waals surface area contributed by atoms with Gasteiger partial charge in [0.05, 0.1) is 28.9 Å². The lowest BCUT2D eigenvalue weighted by Crippen LogP contribution is -2.57. The van der Waals surface area contributed by atoms with Crippen molar-refractivity contribution >= 4 is 46.7 Å². The number of H-pyrrole nitrogens is 1. The van der Waals surface area contributed by atoms with Crippen LogP contribution >= 0.6 is 23.2 Å². The van der Waals surface area contributed by atoms with Crippen molar-refractivity contribution in [3.05, 3.63) is 82.4 Å². The SMILES string of the molecule is O=C1[C@H]2C(c3ccccc3)NC(Cc3cnc[nH]3)(C(=O)O)[C@H]2C(=O)N1c1ccc(Cl)cc1Cl. The summed E-state index contributed by atoms with van der Waals surface area (Å²) in [6.07, 6.45) is 2.88. The third kappa shape index (κ3) is 3.33. The number of anilines is 1. The smallest absolute Gasteiger partial charge is 0.325 e. The zero-order valence-corrected chi connectivity index (χ0v) is 18.5. The van der Waals surface area contributed by atoms with E-state index in [-0.39, 0.29) is 17.1 Å². The molecule has 3 heterocycles. The van der Waals surface area contributed by atoms with E-state index in [1.165, 1.54) is 30.7 Å². The minimum absolute atomic E-state index is 0.0615. The van der Waals surface area contributed by atoms with Crippen molar-refractivity contribution in [1.29, 1.82) is 0 Å². The molecule has 33 heavy (non-hydrogen) atoms. The van der Waals surface area contributed by atoms with Crippen molar-refractivity contribution in [3.63, 3.8) is 0 Å². The Labute approximate surface area is 198 Å². The highest BCUT2D eigenvalue weighted by Gasteiger charge is 2.68. The number of carbonyl (C=O) groups is 3. The number of nitrogens with one attached hydrogen (secondary N) is 2. The summed E-state index contributed by atoms with van der Waals surface area (Å²) in [5.74, 6) is -4.46. The van der Waals surface area contributed by atoms with Crippen LogP contribution in [0.2, 0.25) is 10.0 Å². The highest BCUT2D eigenvalue weighted by Crippen LogP contribution is 2.51. The van der Waals surface area contributed by atoms with Gasteiger partial charge in [0.25, 0.3) is 0 Å². The van der Waals surface area contributed by atoms with Gasteiger partial charge in [-0.25, -0.2) is 9.88 Å². The van der Waals surface area contributed by atoms with Crippen molar-refractivity contribution in [1.82, 2.24) is 15.3 Å². The number of aromatic amines is 1. The van der Waals surface area contributed by atoms with Gasteiger partial charge >= 0.3 is 5.97 Å². The van der Waals surface area contributed by atoms with Gasteiger partial charge in [0.2, 0.25) is 11.8 Å². The number of nitrogens with zero attached hydrogens (tertiary/aromatic N) is 2. The fourth-order valence-electron chi connectivity index (χ4n) is 4.97. The van der Waals surface area contributed by atoms with Crippen LogP contribution in [0.4, 0.5) is 5.69 Å². The molecule has 2 saturated heterocycles. The first-order valence-electron chi connectivity index (χ1n) is 10.2. The number of imide groups is 1. The topological polar surface area (TPSA) is 115 Å². The summed E-state index contributed by atoms with van der Waals surface area (Å²) in [6, 6.07) is 12.8. The van der Waals surface area contributed by atoms with Crippen LogP contribution < -0.4 is 10.2 Å². The monoisotopic (exact) mass is 484 g/mol. The molecule has 0 radical (unpaired) electrons. The maximum absolute atomic E-state index is 13.7. The van der Waals surface area contributed by atoms with Gasteiger partial charge in [0.15, 0.2) is 0 Å². The molecule has 2 fully saturated rings. The van der Waals surface area contributed by atoms with Crippen LogP contribution in [0.3, 0.4) is 0 Å². The Bertz CT molecular complexity index is 1250. The normalized spacial score (nSPS) is 26.6. The molecule has 168 valence electrons. The third-order valence-electron chi connectivity index (χ3n) is 6.37. The number of imidazole rings is 1. The summed E-state index contributed by atoms with van der Waals surface area (Å²) in [7, 11) is 0. The average Bonchev–Trinajstić information content (AvgIpc) is 3.48. The number of fused-ring (bicyclic) bond motifs is 1. The van der Waals surface area contributed by atoms with Gasteiger partial charge in [-0.3, -0.25) is 19.7 Å². The van der Waals surface area contributed by atoms with Crippen molar-refractivity contribution < 1.29 is 19.5 Å². The van der Waals surface area contributed by atoms with E-state index >= 15 is 0 Å². The highest BCUT2D eigenvalue weighted by atomic mass is 35.5. The van der Waals surface area contributed by atoms with Crippen molar-refractivity contribution in [2.75, 3.05) is 4.90 Å². The number of hydrogen-bond acceptors (Lipinski definition) is 5. The number of amides is 2. The minimum Gasteiger partial charge on any atom is -0.480 e. The second-order valence-electron chi connectivity index (χ2n) is 8.17. The first-order chi connectivity index (χ1) is 15.8. The van der Waals surface area contributed by atoms with Crippen LogP contribution in [0.5, 0.6) is 0 Å². The van der Waals surface area contributed by atoms with E-state index < -0.39 is 41.2 Å². The number of benzene rings is 2. The quantitative estimate of drug-likeness (QED) is 0.478. The van der Waals surface area contributed by atoms with Crippen molar-refractivity contribution in [2.45, 2.75) is 18.0 Å². The lowest BCUT2D eigenvalue weighted by atomic mass is 9.77. The predicted molar refractivity (Wildman–Crippen MR) is 121 cm³/mol. The lowest BCUT2D eigenvalue weighted by molar-refractivity contribution is -0.148. The Morgan fingerprint density at radius 3 is 2.52 bits per heavy atom. The molecule has 0 aliphatic carbocycles. The number of carboxylic acid groups (broad SMARTS) is 1. The number of aliphatic carboxylic acids is 1. The fraction of sp³-hybridized carbons (Fsp3) is 0.217. The van der Waals surface area contributed by atoms with Gasteiger partial charge in [-0.05, 0) is 23.8 Å². The van der Waals surface area contributed by atoms with Gasteiger partial charge in [-0.1, -0.05) is 53.5 Å². The standard InChI is InChI=1S/C23H18Cl2N4O4/c24-13-6-7-16(15(25)8-13)29-20(30)17-18(21(29)31)23(22(32)33,9-14-10-26-11-27-14)28-19(17)12-4-2-1-3-5-12/h1-8,10-11,17-19,28H,9H2,(H,26,27)(H,32,33)/t17-,18-,19?,23?/m1/s1. The molecule has 2 unspecified atom stereocenters. The Morgan fingerprint density at radius 1 is 1.12 bits per heavy atom. The Morgan fingerprint density at radius 2 is 1.88 bits per heavy atom. The molecule has 10 heteroatoms. The van der Waals surface area contributed by atoms with E-state index in [2.05, 4.69) is 15.3 Å². The van der Waals surface area contributed by atoms with Crippen LogP contribution in [0, 0.1) is 11.8 Å². The largest absolute Gasteiger partial charge is 0.480 e. The summed E-state index contributed by atoms with van der Waals surface area (Å²) in [6.45, 7) is 0. The van der Waals surface area contributed by atoms with E-state index in [1.807, 2.05) is 6.07 Å². The molecule has 3 N–H and O–H groups in total. The average molecular weight is 485 g/mol. The number of carbonyl (C=O) groups excluding carboxylic acids is 2. The molecular formula is C23H18Cl2N4O4. The molecule has 2 amide bonds. The van der Waals surface area contributed by atoms with Crippen LogP contribution in [-0.4, -0.2) is 38.4 Å². The number of carboxylic acids is 1. The maximum Gasteiger partial charge on any atom is 0.325 e. The Hall–Kier alpha value is -3.20. The summed E-state index contributed by atoms with van der Waals surface area (Å²) < 4.78 is 0. The van der Waals surface area contributed by atoms with E-state index in [4.69, 9.17) is 23.2 Å². The van der Waals surface area contributed by atoms with Gasteiger partial charge in [0, 0.05) is 29.4 Å². The first kappa shape index (κ1) is 21.6. The molecule has 2 aliphatic rings. The van der Waals surface area contributed by atoms with Gasteiger partial charge < -0.3 is 10.1 Å². The number of rotatable bonds is 5. The molecule has 0 bridgehead atoms. The van der Waals surface area contributed by atoms with Crippen LogP contribution in [0.15, 0.2) is 61.1 Å². The van der Waals surface area contributed by atoms with Crippen molar-refractivity contribution in [3.8, 4) is 0 Å². The Balaban J connectivity index is 1.67. The van der Waals surface area contributed by atoms with Crippen LogP contribution in [-0.2, 0) is 20.8 Å². The molecule has 1 aromatic heterocycles. The molecule has 2 aliphatic heterocycles. The molecular weight excluding hydrogens is 467 g/mol. The number of hydrogen-bond donors (Lipinski definition) is 3. The zero-order chi connectivity index (χ0) is 23.3. The highest BCUT2D eigenvalue weighted by molar-refractivity contribution is 6.38. The van der Waals surface area contributed by atoms with Crippen molar-refractivity contribution in [2.24, 2.45) is 11.8 Å². The number of halogens is 2. The van der Waals surface area contributed by atoms with E-state index in [9.17, 15) is 19.5 Å². The zero-order valence-electron chi connectivity index (χ0n) is 17.0. The summed E-state index contributed by atoms with van der Waals surface area (Å²) in [5, 5.41) is 14.0. The fourth-order valence-corrected chi connectivity index (χ4v) is 5.46. The molecule has 0 saturated carbocycles. The third-order valence-corrected chi connectivity index (χ3v) is 6.91. The second kappa shape index (κ2) is 7.98. The van der Waals surface area contributed by atoms with E-state index in [0.717, 1.165) is 4.90 Å². The van der Waals surface area contributed by atoms with Gasteiger partial charge in [0.1, 0.15) is 5.54 Å². The summed E-state index contributed by atoms with van der Waals surface area (Å²) >= 11 is 12.3. The molecule has 0 spiro atoms. The first-order valence-corrected chi connectivity index (χ1v) is 11.0. The lowest BCUT2D eigenvalue weighted by Gasteiger charge is -2.31. The minimum atomic E-state index is -1.74. The van der Waals surface area contributed by atoms with E-state index in [0.29, 0.717) is 16.3 Å². The van der Waals surface area contributed by atoms with E-state index in [1.54, 1.807) is 24.3 Å². The van der Waals surface area contributed by atoms with Gasteiger partial charge in [-0.15, -0.1) is 0 Å². The van der Waals surface area contributed by atoms with Crippen LogP contribution in [0.1, 0.15) is 17.3 Å². The predicted octanol–water partition coefficient (Wildman–Crippen LogP) is 3.23. The van der Waals surface area contributed by atoms with Crippen LogP contribution in [0.25, 0.3) is 0 Å². The summed E-state index contributed by atoms with van der Waals surface area (Å²) in [4.78, 5) is 48.1. The molecule has 2 aromatic carbocycles. The number of aromatic nitrogens is 2. The van der Waals surface area contributed by atoms with Gasteiger partial charge in [-0.2, -0.15) is 0 Å². The Kier molecular flexibility index (Phi) is 5.23. The maximum atomic E-state index is 13.7. The molecule has 3 aromatic rings. The molecule has 5 rings (SSSR count). The molecule has 8 nitrogen and oxygen atoms in total.